The van der Waals surface area contributed by atoms with Gasteiger partial charge in [-0.05, 0) is 35.9 Å². The Hall–Kier alpha value is -3.10. The van der Waals surface area contributed by atoms with Gasteiger partial charge in [-0.25, -0.2) is 9.18 Å². The molecule has 4 rings (SSSR count). The van der Waals surface area contributed by atoms with Gasteiger partial charge < -0.3 is 25.0 Å². The second-order valence-corrected chi connectivity index (χ2v) is 7.07. The summed E-state index contributed by atoms with van der Waals surface area (Å²) in [5.74, 6) is -3.62. The normalized spacial score (nSPS) is 19.0. The summed E-state index contributed by atoms with van der Waals surface area (Å²) >= 11 is 5.84. The molecule has 1 fully saturated rings. The number of carbonyl (C=O) groups excluding carboxylic acids is 2. The van der Waals surface area contributed by atoms with Crippen molar-refractivity contribution < 1.29 is 23.8 Å². The molecule has 1 unspecified atom stereocenters. The summed E-state index contributed by atoms with van der Waals surface area (Å²) in [5.41, 5.74) is 1.85. The maximum atomic E-state index is 13.5. The minimum absolute atomic E-state index is 0.0782. The Bertz CT molecular complexity index is 1100. The fraction of sp³-hybridized carbons (Fsp3) is 0.200. The number of aromatic nitrogens is 1. The number of benzene rings is 2. The Morgan fingerprint density at radius 1 is 1.34 bits per heavy atom. The molecule has 3 N–H and O–H groups in total. The molecule has 0 saturated carbocycles. The van der Waals surface area contributed by atoms with Crippen molar-refractivity contribution in [3.8, 4) is 0 Å². The first-order valence-corrected chi connectivity index (χ1v) is 9.26. The number of nitrogens with one attached hydrogen (secondary N) is 2. The fourth-order valence-electron chi connectivity index (χ4n) is 3.27. The first-order chi connectivity index (χ1) is 13.9. The van der Waals surface area contributed by atoms with E-state index in [0.29, 0.717) is 11.3 Å². The maximum Gasteiger partial charge on any atom is 0.410 e. The quantitative estimate of drug-likeness (QED) is 0.567. The van der Waals surface area contributed by atoms with Crippen molar-refractivity contribution in [1.29, 1.82) is 0 Å². The van der Waals surface area contributed by atoms with Crippen molar-refractivity contribution in [3.63, 3.8) is 0 Å². The molecule has 1 atom stereocenters. The third-order valence-corrected chi connectivity index (χ3v) is 5.24. The second kappa shape index (κ2) is 7.38. The number of hydrogen-bond acceptors (Lipinski definition) is 4. The zero-order valence-electron chi connectivity index (χ0n) is 15.1. The lowest BCUT2D eigenvalue weighted by atomic mass is 10.2. The highest BCUT2D eigenvalue weighted by Gasteiger charge is 2.49. The number of hydrogen-bond donors (Lipinski definition) is 3. The Balaban J connectivity index is 1.42. The van der Waals surface area contributed by atoms with Crippen LogP contribution < -0.4 is 10.2 Å². The lowest BCUT2D eigenvalue weighted by Crippen LogP contribution is -2.46. The summed E-state index contributed by atoms with van der Waals surface area (Å²) in [6.07, 6.45) is 0.698. The van der Waals surface area contributed by atoms with Crippen LogP contribution in [0.25, 0.3) is 10.9 Å². The molecule has 7 nitrogen and oxygen atoms in total. The molecule has 2 heterocycles. The van der Waals surface area contributed by atoms with E-state index in [2.05, 4.69) is 10.3 Å². The Labute approximate surface area is 170 Å². The Morgan fingerprint density at radius 3 is 3.00 bits per heavy atom. The van der Waals surface area contributed by atoms with E-state index in [4.69, 9.17) is 16.3 Å². The van der Waals surface area contributed by atoms with Crippen LogP contribution in [0.1, 0.15) is 12.0 Å². The van der Waals surface area contributed by atoms with Crippen molar-refractivity contribution in [1.82, 2.24) is 10.3 Å². The Kier molecular flexibility index (Phi) is 4.89. The van der Waals surface area contributed by atoms with Crippen LogP contribution in [0.4, 0.5) is 14.9 Å². The van der Waals surface area contributed by atoms with E-state index < -0.39 is 23.6 Å². The molecule has 1 saturated heterocycles. The van der Waals surface area contributed by atoms with Gasteiger partial charge in [-0.15, -0.1) is 0 Å². The first kappa shape index (κ1) is 19.2. The van der Waals surface area contributed by atoms with Crippen LogP contribution in [0, 0.1) is 5.82 Å². The largest absolute Gasteiger partial charge is 0.410 e. The number of ether oxygens (including phenoxy) is 1. The standard InChI is InChI=1S/C20H17ClFN3O4/c21-17-13(2-1-3-15(17)22)11-24-19(27)29-20(28)7-9-25(18(20)26)14-4-5-16-12(10-14)6-8-23-16/h1-6,8,10,23,28H,7,9,11H2,(H,24,27). The monoisotopic (exact) mass is 417 g/mol. The summed E-state index contributed by atoms with van der Waals surface area (Å²) in [5, 5.41) is 13.7. The molecule has 2 amide bonds. The van der Waals surface area contributed by atoms with E-state index in [9.17, 15) is 19.1 Å². The summed E-state index contributed by atoms with van der Waals surface area (Å²) in [6, 6.07) is 11.4. The molecule has 9 heteroatoms. The highest BCUT2D eigenvalue weighted by Crippen LogP contribution is 2.31. The molecule has 1 aliphatic heterocycles. The predicted molar refractivity (Wildman–Crippen MR) is 105 cm³/mol. The van der Waals surface area contributed by atoms with Crippen LogP contribution in [0.15, 0.2) is 48.7 Å². The van der Waals surface area contributed by atoms with Crippen LogP contribution in [-0.2, 0) is 16.1 Å². The number of aromatic amines is 1. The summed E-state index contributed by atoms with van der Waals surface area (Å²) < 4.78 is 18.5. The zero-order valence-corrected chi connectivity index (χ0v) is 15.9. The lowest BCUT2D eigenvalue weighted by molar-refractivity contribution is -0.175. The first-order valence-electron chi connectivity index (χ1n) is 8.88. The zero-order chi connectivity index (χ0) is 20.6. The van der Waals surface area contributed by atoms with E-state index in [-0.39, 0.29) is 24.5 Å². The van der Waals surface area contributed by atoms with Crippen molar-refractivity contribution in [2.45, 2.75) is 18.8 Å². The third kappa shape index (κ3) is 3.64. The van der Waals surface area contributed by atoms with Crippen LogP contribution in [0.5, 0.6) is 0 Å². The third-order valence-electron chi connectivity index (χ3n) is 4.82. The van der Waals surface area contributed by atoms with E-state index in [0.717, 1.165) is 10.9 Å². The smallest absolute Gasteiger partial charge is 0.407 e. The summed E-state index contributed by atoms with van der Waals surface area (Å²) in [4.78, 5) is 29.2. The number of alkyl carbamates (subject to hydrolysis) is 1. The lowest BCUT2D eigenvalue weighted by Gasteiger charge is -2.22. The van der Waals surface area contributed by atoms with Gasteiger partial charge in [-0.2, -0.15) is 0 Å². The number of halogens is 2. The number of amides is 2. The van der Waals surface area contributed by atoms with Gasteiger partial charge in [0.05, 0.1) is 5.02 Å². The molecule has 3 aromatic rings. The number of carbonyl (C=O) groups is 2. The minimum atomic E-state index is -2.27. The number of H-pyrrole nitrogens is 1. The van der Waals surface area contributed by atoms with Crippen molar-refractivity contribution >= 4 is 40.2 Å². The van der Waals surface area contributed by atoms with Crippen molar-refractivity contribution in [2.24, 2.45) is 0 Å². The van der Waals surface area contributed by atoms with Gasteiger partial charge >= 0.3 is 6.09 Å². The van der Waals surface area contributed by atoms with E-state index in [1.54, 1.807) is 18.3 Å². The molecular formula is C20H17ClFN3O4. The van der Waals surface area contributed by atoms with E-state index in [1.807, 2.05) is 18.2 Å². The molecule has 0 aliphatic carbocycles. The highest BCUT2D eigenvalue weighted by molar-refractivity contribution is 6.31. The van der Waals surface area contributed by atoms with Crippen molar-refractivity contribution in [3.05, 3.63) is 65.1 Å². The molecule has 1 aromatic heterocycles. The predicted octanol–water partition coefficient (Wildman–Crippen LogP) is 3.31. The van der Waals surface area contributed by atoms with Crippen LogP contribution in [0.3, 0.4) is 0 Å². The molecule has 0 bridgehead atoms. The molecular weight excluding hydrogens is 401 g/mol. The molecule has 1 aliphatic rings. The van der Waals surface area contributed by atoms with Gasteiger partial charge in [-0.1, -0.05) is 23.7 Å². The number of aliphatic hydroxyl groups is 1. The molecule has 2 aromatic carbocycles. The van der Waals surface area contributed by atoms with Crippen molar-refractivity contribution in [2.75, 3.05) is 11.4 Å². The van der Waals surface area contributed by atoms with Gasteiger partial charge in [-0.3, -0.25) is 4.79 Å². The Morgan fingerprint density at radius 2 is 2.17 bits per heavy atom. The molecule has 0 radical (unpaired) electrons. The molecule has 29 heavy (non-hydrogen) atoms. The van der Waals surface area contributed by atoms with E-state index in [1.165, 1.54) is 17.0 Å². The van der Waals surface area contributed by atoms with Crippen LogP contribution in [-0.4, -0.2) is 34.4 Å². The molecule has 150 valence electrons. The van der Waals surface area contributed by atoms with Gasteiger partial charge in [0.15, 0.2) is 0 Å². The average Bonchev–Trinajstić information content (AvgIpc) is 3.27. The number of nitrogens with zero attached hydrogens (tertiary/aromatic N) is 1. The number of rotatable bonds is 4. The number of fused-ring (bicyclic) bond motifs is 1. The fourth-order valence-corrected chi connectivity index (χ4v) is 3.47. The summed E-state index contributed by atoms with van der Waals surface area (Å²) in [7, 11) is 0. The topological polar surface area (TPSA) is 94.7 Å². The van der Waals surface area contributed by atoms with Gasteiger partial charge in [0.2, 0.25) is 0 Å². The van der Waals surface area contributed by atoms with E-state index >= 15 is 0 Å². The van der Waals surface area contributed by atoms with Crippen LogP contribution in [0.2, 0.25) is 5.02 Å². The second-order valence-electron chi connectivity index (χ2n) is 6.70. The van der Waals surface area contributed by atoms with Gasteiger partial charge in [0.1, 0.15) is 5.82 Å². The van der Waals surface area contributed by atoms with Crippen LogP contribution >= 0.6 is 11.6 Å². The highest BCUT2D eigenvalue weighted by atomic mass is 35.5. The van der Waals surface area contributed by atoms with Gasteiger partial charge in [0.25, 0.3) is 11.7 Å². The maximum absolute atomic E-state index is 13.5. The van der Waals surface area contributed by atoms with Gasteiger partial charge in [0, 0.05) is 42.3 Å². The summed E-state index contributed by atoms with van der Waals surface area (Å²) in [6.45, 7) is 0.0713. The molecule has 0 spiro atoms. The number of anilines is 1. The average molecular weight is 418 g/mol. The minimum Gasteiger partial charge on any atom is -0.407 e. The SMILES string of the molecule is O=C(NCc1cccc(F)c1Cl)OC1(O)CCN(c2ccc3[nH]ccc3c2)C1=O.